The summed E-state index contributed by atoms with van der Waals surface area (Å²) >= 11 is 0. The minimum Gasteiger partial charge on any atom is -0.377 e. The molecule has 0 aliphatic heterocycles. The first-order valence-electron chi connectivity index (χ1n) is 2.69. The average molecular weight is 127 g/mol. The summed E-state index contributed by atoms with van der Waals surface area (Å²) in [5.74, 6) is 1.53. The summed E-state index contributed by atoms with van der Waals surface area (Å²) in [5.41, 5.74) is 0. The predicted molar refractivity (Wildman–Crippen MR) is 31.8 cm³/mol. The maximum atomic E-state index is 4.80. The van der Waals surface area contributed by atoms with Crippen LogP contribution in [0.2, 0.25) is 0 Å². The van der Waals surface area contributed by atoms with Crippen LogP contribution in [-0.4, -0.2) is 22.3 Å². The summed E-state index contributed by atoms with van der Waals surface area (Å²) in [6.07, 6.45) is 0. The lowest BCUT2D eigenvalue weighted by Gasteiger charge is -1.86. The van der Waals surface area contributed by atoms with Crippen molar-refractivity contribution in [2.24, 2.45) is 0 Å². The summed E-state index contributed by atoms with van der Waals surface area (Å²) in [6, 6.07) is 0. The Kier molecular flexibility index (Phi) is 1.79. The van der Waals surface area contributed by atoms with Gasteiger partial charge in [0.2, 0.25) is 0 Å². The quantitative estimate of drug-likeness (QED) is 0.620. The molecule has 0 aliphatic rings. The van der Waals surface area contributed by atoms with Crippen molar-refractivity contribution in [3.8, 4) is 0 Å². The number of H-pyrrole nitrogens is 1. The van der Waals surface area contributed by atoms with Gasteiger partial charge in [-0.3, -0.25) is 5.10 Å². The van der Waals surface area contributed by atoms with E-state index >= 15 is 0 Å². The van der Waals surface area contributed by atoms with E-state index in [1.165, 1.54) is 0 Å². The van der Waals surface area contributed by atoms with E-state index in [1.807, 2.05) is 6.92 Å². The van der Waals surface area contributed by atoms with Crippen LogP contribution in [0.5, 0.6) is 0 Å². The van der Waals surface area contributed by atoms with Gasteiger partial charge >= 0.3 is 0 Å². The SMILES string of the molecule is COCc1n[nH]c(C)n1. The first-order chi connectivity index (χ1) is 4.33. The average Bonchev–Trinajstić information content (AvgIpc) is 2.17. The fourth-order valence-electron chi connectivity index (χ4n) is 0.583. The zero-order valence-electron chi connectivity index (χ0n) is 5.51. The number of aromatic amines is 1. The van der Waals surface area contributed by atoms with Crippen LogP contribution in [0, 0.1) is 6.92 Å². The third-order valence-corrected chi connectivity index (χ3v) is 0.917. The normalized spacial score (nSPS) is 10.0. The van der Waals surface area contributed by atoms with Gasteiger partial charge < -0.3 is 4.74 Å². The number of methoxy groups -OCH3 is 1. The van der Waals surface area contributed by atoms with E-state index < -0.39 is 0 Å². The van der Waals surface area contributed by atoms with E-state index in [0.717, 1.165) is 5.82 Å². The second-order valence-electron chi connectivity index (χ2n) is 1.77. The van der Waals surface area contributed by atoms with Crippen LogP contribution < -0.4 is 0 Å². The zero-order valence-corrected chi connectivity index (χ0v) is 5.51. The lowest BCUT2D eigenvalue weighted by Crippen LogP contribution is -1.89. The fourth-order valence-corrected chi connectivity index (χ4v) is 0.583. The Hall–Kier alpha value is -0.900. The number of nitrogens with zero attached hydrogens (tertiary/aromatic N) is 2. The number of rotatable bonds is 2. The van der Waals surface area contributed by atoms with Crippen molar-refractivity contribution >= 4 is 0 Å². The van der Waals surface area contributed by atoms with Crippen LogP contribution in [0.3, 0.4) is 0 Å². The molecule has 1 rings (SSSR count). The van der Waals surface area contributed by atoms with Crippen molar-refractivity contribution in [1.29, 1.82) is 0 Å². The van der Waals surface area contributed by atoms with Gasteiger partial charge in [0.1, 0.15) is 12.4 Å². The molecule has 4 heteroatoms. The molecule has 0 amide bonds. The molecule has 4 nitrogen and oxygen atoms in total. The number of aromatic nitrogens is 3. The highest BCUT2D eigenvalue weighted by molar-refractivity contribution is 4.84. The van der Waals surface area contributed by atoms with E-state index in [9.17, 15) is 0 Å². The summed E-state index contributed by atoms with van der Waals surface area (Å²) in [4.78, 5) is 4.01. The summed E-state index contributed by atoms with van der Waals surface area (Å²) < 4.78 is 4.80. The van der Waals surface area contributed by atoms with Crippen LogP contribution >= 0.6 is 0 Å². The first-order valence-corrected chi connectivity index (χ1v) is 2.69. The van der Waals surface area contributed by atoms with Gasteiger partial charge in [0.05, 0.1) is 0 Å². The molecule has 0 saturated carbocycles. The van der Waals surface area contributed by atoms with Crippen molar-refractivity contribution in [2.45, 2.75) is 13.5 Å². The van der Waals surface area contributed by atoms with Crippen LogP contribution in [0.4, 0.5) is 0 Å². The van der Waals surface area contributed by atoms with Gasteiger partial charge in [0.25, 0.3) is 0 Å². The number of aryl methyl sites for hydroxylation is 1. The maximum absolute atomic E-state index is 4.80. The molecule has 0 fully saturated rings. The van der Waals surface area contributed by atoms with E-state index in [2.05, 4.69) is 15.2 Å². The van der Waals surface area contributed by atoms with Crippen molar-refractivity contribution in [1.82, 2.24) is 15.2 Å². The first kappa shape index (κ1) is 6.22. The van der Waals surface area contributed by atoms with Gasteiger partial charge in [0.15, 0.2) is 5.82 Å². The molecule has 0 aliphatic carbocycles. The van der Waals surface area contributed by atoms with Gasteiger partial charge in [-0.05, 0) is 6.92 Å². The Bertz CT molecular complexity index is 184. The lowest BCUT2D eigenvalue weighted by molar-refractivity contribution is 0.178. The van der Waals surface area contributed by atoms with Gasteiger partial charge in [0, 0.05) is 7.11 Å². The van der Waals surface area contributed by atoms with Crippen molar-refractivity contribution < 1.29 is 4.74 Å². The topological polar surface area (TPSA) is 50.8 Å². The van der Waals surface area contributed by atoms with E-state index in [0.29, 0.717) is 12.4 Å². The predicted octanol–water partition coefficient (Wildman–Crippen LogP) is 0.260. The number of ether oxygens (including phenoxy) is 1. The molecule has 0 aromatic carbocycles. The zero-order chi connectivity index (χ0) is 6.69. The molecular weight excluding hydrogens is 118 g/mol. The molecule has 0 saturated heterocycles. The highest BCUT2D eigenvalue weighted by Gasteiger charge is 1.95. The minimum absolute atomic E-state index is 0.477. The van der Waals surface area contributed by atoms with Gasteiger partial charge in [-0.2, -0.15) is 5.10 Å². The monoisotopic (exact) mass is 127 g/mol. The van der Waals surface area contributed by atoms with Crippen LogP contribution in [0.15, 0.2) is 0 Å². The van der Waals surface area contributed by atoms with Crippen LogP contribution in [-0.2, 0) is 11.3 Å². The third kappa shape index (κ3) is 1.50. The highest BCUT2D eigenvalue weighted by Crippen LogP contribution is 1.90. The molecule has 1 aromatic rings. The Labute approximate surface area is 53.3 Å². The summed E-state index contributed by atoms with van der Waals surface area (Å²) in [5, 5.41) is 6.56. The smallest absolute Gasteiger partial charge is 0.176 e. The fraction of sp³-hybridized carbons (Fsp3) is 0.600. The van der Waals surface area contributed by atoms with Crippen LogP contribution in [0.25, 0.3) is 0 Å². The van der Waals surface area contributed by atoms with Crippen LogP contribution in [0.1, 0.15) is 11.6 Å². The molecule has 0 unspecified atom stereocenters. The number of nitrogens with one attached hydrogen (secondary N) is 1. The van der Waals surface area contributed by atoms with Crippen molar-refractivity contribution in [2.75, 3.05) is 7.11 Å². The molecule has 0 spiro atoms. The second-order valence-corrected chi connectivity index (χ2v) is 1.77. The van der Waals surface area contributed by atoms with Gasteiger partial charge in [-0.1, -0.05) is 0 Å². The van der Waals surface area contributed by atoms with E-state index in [4.69, 9.17) is 4.74 Å². The Balaban J connectivity index is 2.61. The van der Waals surface area contributed by atoms with Crippen molar-refractivity contribution in [3.05, 3.63) is 11.6 Å². The Morgan fingerprint density at radius 3 is 2.89 bits per heavy atom. The molecule has 0 radical (unpaired) electrons. The number of hydrogen-bond acceptors (Lipinski definition) is 3. The maximum Gasteiger partial charge on any atom is 0.176 e. The van der Waals surface area contributed by atoms with E-state index in [-0.39, 0.29) is 0 Å². The highest BCUT2D eigenvalue weighted by atomic mass is 16.5. The lowest BCUT2D eigenvalue weighted by atomic mass is 10.6. The summed E-state index contributed by atoms with van der Waals surface area (Å²) in [7, 11) is 1.62. The molecule has 50 valence electrons. The molecular formula is C5H9N3O. The molecule has 0 bridgehead atoms. The molecule has 0 atom stereocenters. The standard InChI is InChI=1S/C5H9N3O/c1-4-6-5(3-9-2)8-7-4/h3H2,1-2H3,(H,6,7,8). The summed E-state index contributed by atoms with van der Waals surface area (Å²) in [6.45, 7) is 2.33. The Morgan fingerprint density at radius 1 is 1.67 bits per heavy atom. The largest absolute Gasteiger partial charge is 0.377 e. The van der Waals surface area contributed by atoms with Crippen molar-refractivity contribution in [3.63, 3.8) is 0 Å². The number of hydrogen-bond donors (Lipinski definition) is 1. The molecule has 1 aromatic heterocycles. The second kappa shape index (κ2) is 2.59. The minimum atomic E-state index is 0.477. The van der Waals surface area contributed by atoms with Gasteiger partial charge in [-0.25, -0.2) is 4.98 Å². The molecule has 1 N–H and O–H groups in total. The molecule has 9 heavy (non-hydrogen) atoms. The Morgan fingerprint density at radius 2 is 2.44 bits per heavy atom. The third-order valence-electron chi connectivity index (χ3n) is 0.917. The van der Waals surface area contributed by atoms with E-state index in [1.54, 1.807) is 7.11 Å². The molecule has 1 heterocycles. The van der Waals surface area contributed by atoms with Gasteiger partial charge in [-0.15, -0.1) is 0 Å².